The second kappa shape index (κ2) is 7.85. The highest BCUT2D eigenvalue weighted by molar-refractivity contribution is 5.87. The molecule has 1 aromatic carbocycles. The smallest absolute Gasteiger partial charge is 0.335 e. The fourth-order valence-corrected chi connectivity index (χ4v) is 4.18. The van der Waals surface area contributed by atoms with E-state index in [0.29, 0.717) is 11.5 Å². The number of aromatic carboxylic acids is 1. The molecular weight excluding hydrogens is 316 g/mol. The Morgan fingerprint density at radius 2 is 1.88 bits per heavy atom. The summed E-state index contributed by atoms with van der Waals surface area (Å²) in [6.45, 7) is 11.6. The van der Waals surface area contributed by atoms with Crippen LogP contribution in [0.5, 0.6) is 0 Å². The SMILES string of the molecule is CC(C)(CN1CCC[C@@H](c2ccc(C(=O)O)cc2)C1)N1CCOCC1. The van der Waals surface area contributed by atoms with E-state index in [1.807, 2.05) is 12.1 Å². The zero-order chi connectivity index (χ0) is 17.9. The normalized spacial score (nSPS) is 23.5. The summed E-state index contributed by atoms with van der Waals surface area (Å²) in [5.41, 5.74) is 1.78. The van der Waals surface area contributed by atoms with Gasteiger partial charge in [0.05, 0.1) is 18.8 Å². The maximum absolute atomic E-state index is 11.0. The number of carboxylic acid groups (broad SMARTS) is 1. The van der Waals surface area contributed by atoms with Gasteiger partial charge < -0.3 is 14.7 Å². The Labute approximate surface area is 150 Å². The zero-order valence-corrected chi connectivity index (χ0v) is 15.4. The van der Waals surface area contributed by atoms with E-state index in [9.17, 15) is 4.79 Å². The van der Waals surface area contributed by atoms with Gasteiger partial charge in [-0.1, -0.05) is 12.1 Å². The number of hydrogen-bond acceptors (Lipinski definition) is 4. The molecule has 0 unspecified atom stereocenters. The van der Waals surface area contributed by atoms with Crippen LogP contribution < -0.4 is 0 Å². The molecule has 0 radical (unpaired) electrons. The highest BCUT2D eigenvalue weighted by Gasteiger charge is 2.32. The van der Waals surface area contributed by atoms with Crippen LogP contribution in [0.2, 0.25) is 0 Å². The number of ether oxygens (including phenoxy) is 1. The van der Waals surface area contributed by atoms with Crippen molar-refractivity contribution in [2.75, 3.05) is 45.9 Å². The third-order valence-corrected chi connectivity index (χ3v) is 5.61. The molecule has 0 amide bonds. The zero-order valence-electron chi connectivity index (χ0n) is 15.4. The average molecular weight is 346 g/mol. The number of morpholine rings is 1. The molecule has 3 rings (SSSR count). The van der Waals surface area contributed by atoms with Crippen LogP contribution >= 0.6 is 0 Å². The molecule has 2 fully saturated rings. The largest absolute Gasteiger partial charge is 0.478 e. The van der Waals surface area contributed by atoms with E-state index in [2.05, 4.69) is 23.6 Å². The Hall–Kier alpha value is -1.43. The summed E-state index contributed by atoms with van der Waals surface area (Å²) >= 11 is 0. The molecule has 2 heterocycles. The van der Waals surface area contributed by atoms with Crippen molar-refractivity contribution in [3.05, 3.63) is 35.4 Å². The second-order valence-electron chi connectivity index (χ2n) is 7.91. The van der Waals surface area contributed by atoms with Crippen LogP contribution in [0, 0.1) is 0 Å². The van der Waals surface area contributed by atoms with E-state index in [-0.39, 0.29) is 5.54 Å². The highest BCUT2D eigenvalue weighted by Crippen LogP contribution is 2.29. The Balaban J connectivity index is 1.61. The molecule has 138 valence electrons. The quantitative estimate of drug-likeness (QED) is 0.888. The molecule has 0 aromatic heterocycles. The second-order valence-corrected chi connectivity index (χ2v) is 7.91. The van der Waals surface area contributed by atoms with Gasteiger partial charge in [0.25, 0.3) is 0 Å². The first-order chi connectivity index (χ1) is 12.0. The van der Waals surface area contributed by atoms with Gasteiger partial charge in [-0.05, 0) is 56.8 Å². The van der Waals surface area contributed by atoms with Crippen LogP contribution in [0.15, 0.2) is 24.3 Å². The lowest BCUT2D eigenvalue weighted by atomic mass is 9.89. The van der Waals surface area contributed by atoms with E-state index in [4.69, 9.17) is 9.84 Å². The predicted molar refractivity (Wildman–Crippen MR) is 98.3 cm³/mol. The molecule has 1 atom stereocenters. The molecule has 25 heavy (non-hydrogen) atoms. The van der Waals surface area contributed by atoms with Gasteiger partial charge in [-0.15, -0.1) is 0 Å². The van der Waals surface area contributed by atoms with Crippen LogP contribution in [0.25, 0.3) is 0 Å². The molecule has 2 aliphatic rings. The summed E-state index contributed by atoms with van der Waals surface area (Å²) in [5.74, 6) is -0.360. The van der Waals surface area contributed by atoms with Crippen molar-refractivity contribution in [1.82, 2.24) is 9.80 Å². The monoisotopic (exact) mass is 346 g/mol. The van der Waals surface area contributed by atoms with Gasteiger partial charge in [0.2, 0.25) is 0 Å². The average Bonchev–Trinajstić information content (AvgIpc) is 2.62. The van der Waals surface area contributed by atoms with Gasteiger partial charge >= 0.3 is 5.97 Å². The molecular formula is C20H30N2O3. The van der Waals surface area contributed by atoms with Crippen molar-refractivity contribution in [3.63, 3.8) is 0 Å². The maximum atomic E-state index is 11.0. The number of rotatable bonds is 5. The van der Waals surface area contributed by atoms with Gasteiger partial charge in [-0.3, -0.25) is 4.90 Å². The maximum Gasteiger partial charge on any atom is 0.335 e. The predicted octanol–water partition coefficient (Wildman–Crippen LogP) is 2.68. The van der Waals surface area contributed by atoms with E-state index < -0.39 is 5.97 Å². The lowest BCUT2D eigenvalue weighted by Crippen LogP contribution is -2.56. The minimum absolute atomic E-state index is 0.152. The minimum Gasteiger partial charge on any atom is -0.478 e. The van der Waals surface area contributed by atoms with Crippen LogP contribution in [0.4, 0.5) is 0 Å². The summed E-state index contributed by atoms with van der Waals surface area (Å²) in [5, 5.41) is 9.06. The summed E-state index contributed by atoms with van der Waals surface area (Å²) < 4.78 is 5.49. The van der Waals surface area contributed by atoms with Crippen LogP contribution in [0.3, 0.4) is 0 Å². The Morgan fingerprint density at radius 3 is 2.52 bits per heavy atom. The molecule has 0 bridgehead atoms. The molecule has 1 aromatic rings. The number of hydrogen-bond donors (Lipinski definition) is 1. The van der Waals surface area contributed by atoms with Crippen molar-refractivity contribution in [3.8, 4) is 0 Å². The molecule has 5 heteroatoms. The Kier molecular flexibility index (Phi) is 5.77. The number of carboxylic acids is 1. The molecule has 5 nitrogen and oxygen atoms in total. The van der Waals surface area contributed by atoms with Crippen molar-refractivity contribution in [2.45, 2.75) is 38.1 Å². The summed E-state index contributed by atoms with van der Waals surface area (Å²) in [4.78, 5) is 16.1. The lowest BCUT2D eigenvalue weighted by Gasteiger charge is -2.45. The molecule has 2 saturated heterocycles. The summed E-state index contributed by atoms with van der Waals surface area (Å²) in [7, 11) is 0. The molecule has 2 aliphatic heterocycles. The summed E-state index contributed by atoms with van der Waals surface area (Å²) in [6, 6.07) is 7.44. The Morgan fingerprint density at radius 1 is 1.20 bits per heavy atom. The van der Waals surface area contributed by atoms with Crippen LogP contribution in [-0.2, 0) is 4.74 Å². The number of carbonyl (C=O) groups is 1. The number of nitrogens with zero attached hydrogens (tertiary/aromatic N) is 2. The third-order valence-electron chi connectivity index (χ3n) is 5.61. The number of piperidine rings is 1. The fourth-order valence-electron chi connectivity index (χ4n) is 4.18. The first-order valence-corrected chi connectivity index (χ1v) is 9.34. The van der Waals surface area contributed by atoms with E-state index >= 15 is 0 Å². The van der Waals surface area contributed by atoms with Crippen molar-refractivity contribution in [2.24, 2.45) is 0 Å². The standard InChI is InChI=1S/C20H30N2O3/c1-20(2,22-10-12-25-13-11-22)15-21-9-3-4-18(14-21)16-5-7-17(8-6-16)19(23)24/h5-8,18H,3-4,9-15H2,1-2H3,(H,23,24)/t18-/m1/s1. The van der Waals surface area contributed by atoms with E-state index in [1.54, 1.807) is 12.1 Å². The molecule has 0 aliphatic carbocycles. The van der Waals surface area contributed by atoms with Gasteiger partial charge in [-0.2, -0.15) is 0 Å². The minimum atomic E-state index is -0.857. The van der Waals surface area contributed by atoms with Gasteiger partial charge in [-0.25, -0.2) is 4.79 Å². The molecule has 0 spiro atoms. The van der Waals surface area contributed by atoms with Gasteiger partial charge in [0.15, 0.2) is 0 Å². The molecule has 0 saturated carbocycles. The van der Waals surface area contributed by atoms with E-state index in [1.165, 1.54) is 18.4 Å². The van der Waals surface area contributed by atoms with Crippen LogP contribution in [-0.4, -0.2) is 72.4 Å². The fraction of sp³-hybridized carbons (Fsp3) is 0.650. The summed E-state index contributed by atoms with van der Waals surface area (Å²) in [6.07, 6.45) is 2.38. The lowest BCUT2D eigenvalue weighted by molar-refractivity contribution is -0.0241. The van der Waals surface area contributed by atoms with Crippen LogP contribution in [0.1, 0.15) is 48.5 Å². The van der Waals surface area contributed by atoms with Crippen molar-refractivity contribution >= 4 is 5.97 Å². The Bertz CT molecular complexity index is 579. The van der Waals surface area contributed by atoms with Crippen molar-refractivity contribution in [1.29, 1.82) is 0 Å². The van der Waals surface area contributed by atoms with Gasteiger partial charge in [0, 0.05) is 31.7 Å². The number of benzene rings is 1. The molecule has 1 N–H and O–H groups in total. The van der Waals surface area contributed by atoms with E-state index in [0.717, 1.165) is 45.9 Å². The third kappa shape index (κ3) is 4.60. The number of likely N-dealkylation sites (tertiary alicyclic amines) is 1. The first kappa shape index (κ1) is 18.4. The van der Waals surface area contributed by atoms with Gasteiger partial charge in [0.1, 0.15) is 0 Å². The van der Waals surface area contributed by atoms with Crippen molar-refractivity contribution < 1.29 is 14.6 Å². The topological polar surface area (TPSA) is 53.0 Å². The highest BCUT2D eigenvalue weighted by atomic mass is 16.5. The first-order valence-electron chi connectivity index (χ1n) is 9.34.